The minimum Gasteiger partial charge on any atom is -0.239 e. The third-order valence-electron chi connectivity index (χ3n) is 4.66. The van der Waals surface area contributed by atoms with Gasteiger partial charge in [0.25, 0.3) is 0 Å². The lowest BCUT2D eigenvalue weighted by Crippen LogP contribution is -2.24. The minimum atomic E-state index is 0.684. The normalized spacial score (nSPS) is 18.0. The monoisotopic (exact) mass is 266 g/mol. The Kier molecular flexibility index (Phi) is 10.5. The molecule has 0 aromatic heterocycles. The quantitative estimate of drug-likeness (QED) is 0.402. The van der Waals surface area contributed by atoms with E-state index in [4.69, 9.17) is 5.32 Å². The molecule has 0 aromatic rings. The molecule has 1 aliphatic rings. The van der Waals surface area contributed by atoms with Gasteiger partial charge < -0.3 is 0 Å². The fraction of sp³-hybridized carbons (Fsp3) is 1.00. The molecule has 0 heterocycles. The van der Waals surface area contributed by atoms with Gasteiger partial charge in [-0.2, -0.15) is 0 Å². The highest BCUT2D eigenvalue weighted by molar-refractivity contribution is 4.75. The maximum atomic E-state index is 4.83. The Bertz CT molecular complexity index is 184. The number of hydrogen-bond donors (Lipinski definition) is 0. The molecule has 1 atom stereocenters. The molecule has 0 spiro atoms. The summed E-state index contributed by atoms with van der Waals surface area (Å²) in [5.74, 6) is 1.00. The molecule has 0 bridgehead atoms. The van der Waals surface area contributed by atoms with Gasteiger partial charge in [-0.25, -0.2) is 5.32 Å². The predicted octanol–water partition coefficient (Wildman–Crippen LogP) is 5.70. The molecule has 0 aliphatic heterocycles. The highest BCUT2D eigenvalue weighted by atomic mass is 14.9. The molecule has 1 nitrogen and oxygen atoms in total. The van der Waals surface area contributed by atoms with Gasteiger partial charge in [0.05, 0.1) is 0 Å². The van der Waals surface area contributed by atoms with Crippen molar-refractivity contribution in [1.29, 1.82) is 0 Å². The van der Waals surface area contributed by atoms with Gasteiger partial charge in [0.15, 0.2) is 0 Å². The molecule has 1 saturated carbocycles. The van der Waals surface area contributed by atoms with Crippen molar-refractivity contribution in [2.24, 2.45) is 5.92 Å². The van der Waals surface area contributed by atoms with Crippen molar-refractivity contribution in [3.8, 4) is 0 Å². The van der Waals surface area contributed by atoms with Gasteiger partial charge in [0.2, 0.25) is 0 Å². The largest absolute Gasteiger partial charge is 0.239 e. The minimum absolute atomic E-state index is 0.684. The Morgan fingerprint density at radius 3 is 2.16 bits per heavy atom. The summed E-state index contributed by atoms with van der Waals surface area (Å²) in [5, 5.41) is 4.83. The van der Waals surface area contributed by atoms with Crippen molar-refractivity contribution in [2.45, 2.75) is 103 Å². The first-order chi connectivity index (χ1) is 9.36. The van der Waals surface area contributed by atoms with E-state index in [2.05, 4.69) is 13.8 Å². The van der Waals surface area contributed by atoms with Crippen molar-refractivity contribution >= 4 is 0 Å². The Morgan fingerprint density at radius 2 is 1.53 bits per heavy atom. The fourth-order valence-electron chi connectivity index (χ4n) is 3.51. The molecular formula is C18H36N. The van der Waals surface area contributed by atoms with Crippen LogP contribution in [-0.4, -0.2) is 12.6 Å². The summed E-state index contributed by atoms with van der Waals surface area (Å²) in [4.78, 5) is 0. The third kappa shape index (κ3) is 8.68. The van der Waals surface area contributed by atoms with Crippen LogP contribution in [0.4, 0.5) is 0 Å². The van der Waals surface area contributed by atoms with Crippen LogP contribution in [0.15, 0.2) is 0 Å². The summed E-state index contributed by atoms with van der Waals surface area (Å²) in [6.07, 6.45) is 18.6. The summed E-state index contributed by atoms with van der Waals surface area (Å²) in [6, 6.07) is 0.684. The Labute approximate surface area is 121 Å². The van der Waals surface area contributed by atoms with E-state index in [-0.39, 0.29) is 0 Å². The second-order valence-corrected chi connectivity index (χ2v) is 6.45. The van der Waals surface area contributed by atoms with E-state index < -0.39 is 0 Å². The van der Waals surface area contributed by atoms with Crippen LogP contribution in [-0.2, 0) is 0 Å². The van der Waals surface area contributed by atoms with E-state index in [0.29, 0.717) is 6.04 Å². The summed E-state index contributed by atoms with van der Waals surface area (Å²) in [5.41, 5.74) is 0. The van der Waals surface area contributed by atoms with E-state index in [1.54, 1.807) is 0 Å². The maximum absolute atomic E-state index is 4.83. The Morgan fingerprint density at radius 1 is 0.895 bits per heavy atom. The molecule has 1 radical (unpaired) electrons. The van der Waals surface area contributed by atoms with E-state index in [0.717, 1.165) is 12.5 Å². The molecule has 113 valence electrons. The van der Waals surface area contributed by atoms with Gasteiger partial charge in [0, 0.05) is 12.6 Å². The van der Waals surface area contributed by atoms with Gasteiger partial charge in [-0.15, -0.1) is 0 Å². The average Bonchev–Trinajstić information content (AvgIpc) is 2.91. The summed E-state index contributed by atoms with van der Waals surface area (Å²) in [7, 11) is 0. The lowest BCUT2D eigenvalue weighted by atomic mass is 9.94. The van der Waals surface area contributed by atoms with Crippen LogP contribution in [0, 0.1) is 5.92 Å². The zero-order valence-corrected chi connectivity index (χ0v) is 13.5. The van der Waals surface area contributed by atoms with Crippen LogP contribution in [0.25, 0.3) is 0 Å². The molecule has 1 rings (SSSR count). The van der Waals surface area contributed by atoms with Crippen LogP contribution >= 0.6 is 0 Å². The van der Waals surface area contributed by atoms with Crippen LogP contribution in [0.1, 0.15) is 97.3 Å². The lowest BCUT2D eigenvalue weighted by molar-refractivity contribution is 0.360. The molecule has 19 heavy (non-hydrogen) atoms. The number of rotatable bonds is 12. The number of nitrogens with zero attached hydrogens (tertiary/aromatic N) is 1. The van der Waals surface area contributed by atoms with E-state index in [1.807, 2.05) is 0 Å². The van der Waals surface area contributed by atoms with Gasteiger partial charge in [-0.05, 0) is 18.8 Å². The number of hydrogen-bond acceptors (Lipinski definition) is 0. The third-order valence-corrected chi connectivity index (χ3v) is 4.66. The highest BCUT2D eigenvalue weighted by Gasteiger charge is 2.19. The van der Waals surface area contributed by atoms with E-state index >= 15 is 0 Å². The van der Waals surface area contributed by atoms with Crippen molar-refractivity contribution in [1.82, 2.24) is 5.32 Å². The Hall–Kier alpha value is -0.0400. The fourth-order valence-corrected chi connectivity index (χ4v) is 3.51. The maximum Gasteiger partial charge on any atom is 0.0248 e. The topological polar surface area (TPSA) is 14.1 Å². The summed E-state index contributed by atoms with van der Waals surface area (Å²) in [6.45, 7) is 5.51. The highest BCUT2D eigenvalue weighted by Crippen LogP contribution is 2.29. The smallest absolute Gasteiger partial charge is 0.0248 e. The molecule has 0 amide bonds. The molecule has 1 unspecified atom stereocenters. The van der Waals surface area contributed by atoms with Gasteiger partial charge in [-0.1, -0.05) is 84.5 Å². The van der Waals surface area contributed by atoms with E-state index in [9.17, 15) is 0 Å². The first-order valence-electron chi connectivity index (χ1n) is 9.03. The van der Waals surface area contributed by atoms with Crippen molar-refractivity contribution in [3.63, 3.8) is 0 Å². The number of unbranched alkanes of at least 4 members (excludes halogenated alkanes) is 6. The van der Waals surface area contributed by atoms with Gasteiger partial charge in [-0.3, -0.25) is 0 Å². The van der Waals surface area contributed by atoms with Crippen molar-refractivity contribution in [2.75, 3.05) is 6.54 Å². The molecule has 0 N–H and O–H groups in total. The lowest BCUT2D eigenvalue weighted by Gasteiger charge is -2.19. The second kappa shape index (κ2) is 11.8. The first kappa shape index (κ1) is 17.0. The zero-order valence-electron chi connectivity index (χ0n) is 13.5. The van der Waals surface area contributed by atoms with Crippen LogP contribution in [0.2, 0.25) is 0 Å². The average molecular weight is 266 g/mol. The molecule has 1 heteroatoms. The molecule has 1 fully saturated rings. The van der Waals surface area contributed by atoms with Crippen molar-refractivity contribution < 1.29 is 0 Å². The molecule has 0 aromatic carbocycles. The van der Waals surface area contributed by atoms with Crippen molar-refractivity contribution in [3.05, 3.63) is 0 Å². The van der Waals surface area contributed by atoms with Crippen LogP contribution < -0.4 is 5.32 Å². The first-order valence-corrected chi connectivity index (χ1v) is 9.03. The van der Waals surface area contributed by atoms with Crippen LogP contribution in [0.5, 0.6) is 0 Å². The zero-order chi connectivity index (χ0) is 13.8. The van der Waals surface area contributed by atoms with E-state index in [1.165, 1.54) is 83.5 Å². The standard InChI is InChI=1S/C18H36N/c1-3-5-6-7-8-9-10-15-18(19-4-2)16-17-13-11-12-14-17/h17-18H,3-16H2,1-2H3. The molecule has 1 aliphatic carbocycles. The SMILES string of the molecule is CCCCCCCCCC(CC1CCCC1)[N]CC. The molecular weight excluding hydrogens is 230 g/mol. The Balaban J connectivity index is 2.01. The summed E-state index contributed by atoms with van der Waals surface area (Å²) < 4.78 is 0. The van der Waals surface area contributed by atoms with Crippen LogP contribution in [0.3, 0.4) is 0 Å². The predicted molar refractivity (Wildman–Crippen MR) is 85.6 cm³/mol. The van der Waals surface area contributed by atoms with Gasteiger partial charge in [0.1, 0.15) is 0 Å². The van der Waals surface area contributed by atoms with Gasteiger partial charge >= 0.3 is 0 Å². The summed E-state index contributed by atoms with van der Waals surface area (Å²) >= 11 is 0. The molecule has 0 saturated heterocycles. The second-order valence-electron chi connectivity index (χ2n) is 6.45.